The molecule has 0 spiro atoms. The Balaban J connectivity index is 2.06. The molecule has 1 saturated heterocycles. The first-order chi connectivity index (χ1) is 11.6. The maximum absolute atomic E-state index is 12.5. The van der Waals surface area contributed by atoms with Gasteiger partial charge in [-0.05, 0) is 58.2 Å². The number of benzene rings is 1. The molecule has 1 aliphatic rings. The third-order valence-corrected chi connectivity index (χ3v) is 5.60. The maximum atomic E-state index is 12.5. The summed E-state index contributed by atoms with van der Waals surface area (Å²) < 4.78 is 31.6. The summed E-state index contributed by atoms with van der Waals surface area (Å²) in [6, 6.07) is 6.49. The van der Waals surface area contributed by atoms with Gasteiger partial charge in [-0.25, -0.2) is 18.6 Å². The van der Waals surface area contributed by atoms with Crippen LogP contribution in [0.3, 0.4) is 0 Å². The van der Waals surface area contributed by atoms with Gasteiger partial charge in [-0.1, -0.05) is 12.1 Å². The molecule has 0 aromatic heterocycles. The van der Waals surface area contributed by atoms with Gasteiger partial charge in [0.25, 0.3) is 0 Å². The van der Waals surface area contributed by atoms with Crippen molar-refractivity contribution in [3.8, 4) is 0 Å². The van der Waals surface area contributed by atoms with Crippen LogP contribution < -0.4 is 5.43 Å². The van der Waals surface area contributed by atoms with Crippen molar-refractivity contribution in [2.75, 3.05) is 13.1 Å². The van der Waals surface area contributed by atoms with E-state index in [1.807, 2.05) is 0 Å². The number of sulfonamides is 1. The van der Waals surface area contributed by atoms with Gasteiger partial charge in [-0.3, -0.25) is 0 Å². The number of hydrogen-bond acceptors (Lipinski definition) is 5. The van der Waals surface area contributed by atoms with Crippen LogP contribution in [0.5, 0.6) is 0 Å². The molecule has 1 amide bonds. The molecule has 0 atom stereocenters. The lowest BCUT2D eigenvalue weighted by atomic mass is 10.1. The van der Waals surface area contributed by atoms with Crippen molar-refractivity contribution < 1.29 is 17.9 Å². The highest BCUT2D eigenvalue weighted by molar-refractivity contribution is 7.89. The number of carbonyl (C=O) groups is 1. The van der Waals surface area contributed by atoms with E-state index in [1.165, 1.54) is 4.31 Å². The van der Waals surface area contributed by atoms with Gasteiger partial charge in [-0.2, -0.15) is 9.41 Å². The van der Waals surface area contributed by atoms with E-state index < -0.39 is 21.7 Å². The molecule has 0 saturated carbocycles. The lowest BCUT2D eigenvalue weighted by Gasteiger charge is -2.18. The molecule has 0 unspecified atom stereocenters. The van der Waals surface area contributed by atoms with E-state index in [4.69, 9.17) is 4.74 Å². The summed E-state index contributed by atoms with van der Waals surface area (Å²) in [4.78, 5) is 11.9. The predicted molar refractivity (Wildman–Crippen MR) is 96.0 cm³/mol. The van der Waals surface area contributed by atoms with E-state index in [-0.39, 0.29) is 4.90 Å². The van der Waals surface area contributed by atoms with Crippen LogP contribution >= 0.6 is 0 Å². The van der Waals surface area contributed by atoms with Crippen LogP contribution in [0.2, 0.25) is 0 Å². The zero-order chi connectivity index (χ0) is 18.7. The summed E-state index contributed by atoms with van der Waals surface area (Å²) in [7, 11) is -3.42. The summed E-state index contributed by atoms with van der Waals surface area (Å²) in [6.45, 7) is 8.17. The highest BCUT2D eigenvalue weighted by atomic mass is 32.2. The van der Waals surface area contributed by atoms with E-state index in [0.717, 1.165) is 18.4 Å². The highest BCUT2D eigenvalue weighted by Crippen LogP contribution is 2.21. The predicted octanol–water partition coefficient (Wildman–Crippen LogP) is 2.72. The molecular formula is C17H25N3O4S. The van der Waals surface area contributed by atoms with Crippen LogP contribution in [-0.4, -0.2) is 43.2 Å². The van der Waals surface area contributed by atoms with Crippen LogP contribution in [0.1, 0.15) is 46.1 Å². The summed E-state index contributed by atoms with van der Waals surface area (Å²) >= 11 is 0. The SMILES string of the molecule is C/C(=N/NC(=O)OC(C)(C)C)c1ccc(S(=O)(=O)N2CCCC2)cc1. The van der Waals surface area contributed by atoms with Gasteiger partial charge in [0.15, 0.2) is 0 Å². The molecular weight excluding hydrogens is 342 g/mol. The minimum absolute atomic E-state index is 0.269. The minimum Gasteiger partial charge on any atom is -0.443 e. The third kappa shape index (κ3) is 5.27. The Morgan fingerprint density at radius 2 is 1.72 bits per heavy atom. The molecule has 8 heteroatoms. The fourth-order valence-electron chi connectivity index (χ4n) is 2.44. The van der Waals surface area contributed by atoms with Crippen molar-refractivity contribution in [2.45, 2.75) is 51.0 Å². The van der Waals surface area contributed by atoms with Crippen molar-refractivity contribution in [2.24, 2.45) is 5.10 Å². The fourth-order valence-corrected chi connectivity index (χ4v) is 3.96. The summed E-state index contributed by atoms with van der Waals surface area (Å²) in [5, 5.41) is 3.98. The van der Waals surface area contributed by atoms with Crippen molar-refractivity contribution in [1.82, 2.24) is 9.73 Å². The molecule has 2 rings (SSSR count). The zero-order valence-electron chi connectivity index (χ0n) is 15.1. The average molecular weight is 367 g/mol. The molecule has 0 bridgehead atoms. The van der Waals surface area contributed by atoms with Gasteiger partial charge in [0.2, 0.25) is 10.0 Å². The van der Waals surface area contributed by atoms with E-state index in [0.29, 0.717) is 18.8 Å². The number of carbonyl (C=O) groups excluding carboxylic acids is 1. The Labute approximate surface area is 149 Å². The molecule has 1 heterocycles. The second-order valence-electron chi connectivity index (χ2n) is 6.95. The van der Waals surface area contributed by atoms with Gasteiger partial charge >= 0.3 is 6.09 Å². The fraction of sp³-hybridized carbons (Fsp3) is 0.529. The number of hydrazone groups is 1. The molecule has 0 aliphatic carbocycles. The van der Waals surface area contributed by atoms with Crippen molar-refractivity contribution in [1.29, 1.82) is 0 Å². The standard InChI is InChI=1S/C17H25N3O4S/c1-13(18-19-16(21)24-17(2,3)4)14-7-9-15(10-8-14)25(22,23)20-11-5-6-12-20/h7-10H,5-6,11-12H2,1-4H3,(H,19,21)/b18-13-. The maximum Gasteiger partial charge on any atom is 0.428 e. The topological polar surface area (TPSA) is 88.1 Å². The Morgan fingerprint density at radius 1 is 1.16 bits per heavy atom. The van der Waals surface area contributed by atoms with Gasteiger partial charge in [0.05, 0.1) is 10.6 Å². The second-order valence-corrected chi connectivity index (χ2v) is 8.88. The Hall–Kier alpha value is -1.93. The molecule has 1 aromatic carbocycles. The molecule has 138 valence electrons. The van der Waals surface area contributed by atoms with Crippen molar-refractivity contribution in [3.05, 3.63) is 29.8 Å². The summed E-state index contributed by atoms with van der Waals surface area (Å²) in [5.41, 5.74) is 3.00. The second kappa shape index (κ2) is 7.53. The van der Waals surface area contributed by atoms with Crippen LogP contribution in [0, 0.1) is 0 Å². The summed E-state index contributed by atoms with van der Waals surface area (Å²) in [5.74, 6) is 0. The lowest BCUT2D eigenvalue weighted by molar-refractivity contribution is 0.0529. The molecule has 1 N–H and O–H groups in total. The normalized spacial score (nSPS) is 16.7. The third-order valence-electron chi connectivity index (χ3n) is 3.69. The van der Waals surface area contributed by atoms with Crippen molar-refractivity contribution >= 4 is 21.8 Å². The van der Waals surface area contributed by atoms with Crippen LogP contribution in [0.25, 0.3) is 0 Å². The van der Waals surface area contributed by atoms with Gasteiger partial charge in [-0.15, -0.1) is 0 Å². The first-order valence-corrected chi connectivity index (χ1v) is 9.67. The highest BCUT2D eigenvalue weighted by Gasteiger charge is 2.26. The number of nitrogens with one attached hydrogen (secondary N) is 1. The van der Waals surface area contributed by atoms with Crippen molar-refractivity contribution in [3.63, 3.8) is 0 Å². The van der Waals surface area contributed by atoms with E-state index in [9.17, 15) is 13.2 Å². The molecule has 1 fully saturated rings. The van der Waals surface area contributed by atoms with Crippen LogP contribution in [-0.2, 0) is 14.8 Å². The van der Waals surface area contributed by atoms with Crippen LogP contribution in [0.4, 0.5) is 4.79 Å². The average Bonchev–Trinajstić information content (AvgIpc) is 3.06. The first kappa shape index (κ1) is 19.4. The molecule has 1 aliphatic heterocycles. The lowest BCUT2D eigenvalue weighted by Crippen LogP contribution is -2.30. The molecule has 1 aromatic rings. The largest absolute Gasteiger partial charge is 0.443 e. The van der Waals surface area contributed by atoms with E-state index >= 15 is 0 Å². The van der Waals surface area contributed by atoms with E-state index in [2.05, 4.69) is 10.5 Å². The quantitative estimate of drug-likeness (QED) is 0.655. The number of ether oxygens (including phenoxy) is 1. The molecule has 7 nitrogen and oxygen atoms in total. The number of rotatable bonds is 4. The van der Waals surface area contributed by atoms with Crippen LogP contribution in [0.15, 0.2) is 34.3 Å². The monoisotopic (exact) mass is 367 g/mol. The summed E-state index contributed by atoms with van der Waals surface area (Å²) in [6.07, 6.45) is 1.17. The number of amides is 1. The zero-order valence-corrected chi connectivity index (χ0v) is 15.9. The minimum atomic E-state index is -3.42. The Bertz CT molecular complexity index is 743. The Kier molecular flexibility index (Phi) is 5.84. The van der Waals surface area contributed by atoms with Gasteiger partial charge < -0.3 is 4.74 Å². The molecule has 0 radical (unpaired) electrons. The Morgan fingerprint density at radius 3 is 2.24 bits per heavy atom. The first-order valence-electron chi connectivity index (χ1n) is 8.23. The smallest absolute Gasteiger partial charge is 0.428 e. The number of nitrogens with zero attached hydrogens (tertiary/aromatic N) is 2. The number of hydrogen-bond donors (Lipinski definition) is 1. The molecule has 25 heavy (non-hydrogen) atoms. The van der Waals surface area contributed by atoms with Gasteiger partial charge in [0, 0.05) is 13.1 Å². The van der Waals surface area contributed by atoms with Gasteiger partial charge in [0.1, 0.15) is 5.60 Å². The van der Waals surface area contributed by atoms with E-state index in [1.54, 1.807) is 52.0 Å².